The zero-order valence-electron chi connectivity index (χ0n) is 9.13. The van der Waals surface area contributed by atoms with Crippen molar-refractivity contribution >= 4 is 0 Å². The van der Waals surface area contributed by atoms with E-state index < -0.39 is 0 Å². The molecule has 2 unspecified atom stereocenters. The highest BCUT2D eigenvalue weighted by Gasteiger charge is 2.15. The van der Waals surface area contributed by atoms with Crippen molar-refractivity contribution in [2.24, 2.45) is 11.7 Å². The second-order valence-electron chi connectivity index (χ2n) is 4.67. The van der Waals surface area contributed by atoms with E-state index in [1.807, 2.05) is 0 Å². The first-order valence-corrected chi connectivity index (χ1v) is 5.66. The molecule has 0 saturated carbocycles. The van der Waals surface area contributed by atoms with Gasteiger partial charge in [0.15, 0.2) is 0 Å². The van der Waals surface area contributed by atoms with Gasteiger partial charge >= 0.3 is 0 Å². The van der Waals surface area contributed by atoms with Crippen LogP contribution in [-0.2, 0) is 0 Å². The van der Waals surface area contributed by atoms with Crippen LogP contribution in [0.15, 0.2) is 0 Å². The van der Waals surface area contributed by atoms with Crippen molar-refractivity contribution < 1.29 is 0 Å². The normalized spacial score (nSPS) is 27.5. The SMILES string of the molecule is CC(N)CCCN1CCCC(C)C1. The molecule has 0 bridgehead atoms. The minimum Gasteiger partial charge on any atom is -0.328 e. The first-order valence-electron chi connectivity index (χ1n) is 5.66. The van der Waals surface area contributed by atoms with Crippen molar-refractivity contribution in [1.29, 1.82) is 0 Å². The molecule has 1 aliphatic rings. The summed E-state index contributed by atoms with van der Waals surface area (Å²) in [6, 6.07) is 0.377. The molecule has 78 valence electrons. The van der Waals surface area contributed by atoms with Crippen LogP contribution in [0.3, 0.4) is 0 Å². The van der Waals surface area contributed by atoms with Crippen LogP contribution in [0.2, 0.25) is 0 Å². The number of hydrogen-bond donors (Lipinski definition) is 1. The zero-order chi connectivity index (χ0) is 9.68. The molecule has 0 aromatic rings. The molecule has 1 aliphatic heterocycles. The van der Waals surface area contributed by atoms with E-state index in [1.165, 1.54) is 45.3 Å². The molecule has 0 aliphatic carbocycles. The summed E-state index contributed by atoms with van der Waals surface area (Å²) in [5.41, 5.74) is 5.72. The summed E-state index contributed by atoms with van der Waals surface area (Å²) in [5.74, 6) is 0.907. The van der Waals surface area contributed by atoms with Crippen molar-refractivity contribution in [3.63, 3.8) is 0 Å². The molecule has 13 heavy (non-hydrogen) atoms. The maximum atomic E-state index is 5.72. The summed E-state index contributed by atoms with van der Waals surface area (Å²) in [5, 5.41) is 0. The van der Waals surface area contributed by atoms with Crippen molar-refractivity contribution in [2.45, 2.75) is 45.6 Å². The van der Waals surface area contributed by atoms with Gasteiger partial charge < -0.3 is 10.6 Å². The second kappa shape index (κ2) is 5.61. The quantitative estimate of drug-likeness (QED) is 0.722. The molecule has 2 heteroatoms. The highest BCUT2D eigenvalue weighted by molar-refractivity contribution is 4.70. The van der Waals surface area contributed by atoms with E-state index in [0.717, 1.165) is 5.92 Å². The third-order valence-corrected chi connectivity index (χ3v) is 2.87. The number of hydrogen-bond acceptors (Lipinski definition) is 2. The molecule has 0 spiro atoms. The van der Waals surface area contributed by atoms with E-state index in [0.29, 0.717) is 6.04 Å². The number of likely N-dealkylation sites (tertiary alicyclic amines) is 1. The van der Waals surface area contributed by atoms with Gasteiger partial charge in [-0.1, -0.05) is 6.92 Å². The summed E-state index contributed by atoms with van der Waals surface area (Å²) < 4.78 is 0. The molecular formula is C11H24N2. The molecule has 1 heterocycles. The van der Waals surface area contributed by atoms with Crippen LogP contribution >= 0.6 is 0 Å². The highest BCUT2D eigenvalue weighted by Crippen LogP contribution is 2.15. The molecule has 0 aromatic carbocycles. The van der Waals surface area contributed by atoms with Gasteiger partial charge in [0.25, 0.3) is 0 Å². The average Bonchev–Trinajstić information content (AvgIpc) is 2.03. The van der Waals surface area contributed by atoms with E-state index >= 15 is 0 Å². The van der Waals surface area contributed by atoms with Crippen LogP contribution in [0.25, 0.3) is 0 Å². The summed E-state index contributed by atoms with van der Waals surface area (Å²) in [7, 11) is 0. The Kier molecular flexibility index (Phi) is 4.74. The van der Waals surface area contributed by atoms with Crippen LogP contribution in [0.4, 0.5) is 0 Å². The first kappa shape index (κ1) is 11.0. The summed E-state index contributed by atoms with van der Waals surface area (Å²) in [6.45, 7) is 8.32. The lowest BCUT2D eigenvalue weighted by Crippen LogP contribution is -2.35. The summed E-state index contributed by atoms with van der Waals surface area (Å²) in [4.78, 5) is 2.59. The molecule has 1 rings (SSSR count). The molecule has 0 amide bonds. The highest BCUT2D eigenvalue weighted by atomic mass is 15.1. The third kappa shape index (κ3) is 4.63. The maximum Gasteiger partial charge on any atom is 0.00109 e. The predicted molar refractivity (Wildman–Crippen MR) is 57.7 cm³/mol. The van der Waals surface area contributed by atoms with E-state index in [9.17, 15) is 0 Å². The fourth-order valence-electron chi connectivity index (χ4n) is 2.13. The molecule has 2 N–H and O–H groups in total. The van der Waals surface area contributed by atoms with Crippen LogP contribution < -0.4 is 5.73 Å². The maximum absolute atomic E-state index is 5.72. The Labute approximate surface area is 82.5 Å². The van der Waals surface area contributed by atoms with Crippen molar-refractivity contribution in [2.75, 3.05) is 19.6 Å². The fourth-order valence-corrected chi connectivity index (χ4v) is 2.13. The summed E-state index contributed by atoms with van der Waals surface area (Å²) in [6.07, 6.45) is 5.25. The Hall–Kier alpha value is -0.0800. The smallest absolute Gasteiger partial charge is 0.00109 e. The Bertz CT molecular complexity index is 134. The number of nitrogens with zero attached hydrogens (tertiary/aromatic N) is 1. The molecule has 0 radical (unpaired) electrons. The van der Waals surface area contributed by atoms with Gasteiger partial charge in [-0.3, -0.25) is 0 Å². The molecule has 2 atom stereocenters. The zero-order valence-corrected chi connectivity index (χ0v) is 9.13. The summed E-state index contributed by atoms with van der Waals surface area (Å²) >= 11 is 0. The van der Waals surface area contributed by atoms with Crippen LogP contribution in [-0.4, -0.2) is 30.6 Å². The minimum atomic E-state index is 0.377. The first-order chi connectivity index (χ1) is 6.18. The monoisotopic (exact) mass is 184 g/mol. The van der Waals surface area contributed by atoms with Gasteiger partial charge in [-0.05, 0) is 51.6 Å². The van der Waals surface area contributed by atoms with Crippen LogP contribution in [0, 0.1) is 5.92 Å². The van der Waals surface area contributed by atoms with Gasteiger partial charge in [0.1, 0.15) is 0 Å². The molecule has 0 aromatic heterocycles. The lowest BCUT2D eigenvalue weighted by atomic mass is 10.00. The lowest BCUT2D eigenvalue weighted by molar-refractivity contribution is 0.180. The number of rotatable bonds is 4. The second-order valence-corrected chi connectivity index (χ2v) is 4.67. The fraction of sp³-hybridized carbons (Fsp3) is 1.00. The average molecular weight is 184 g/mol. The van der Waals surface area contributed by atoms with Gasteiger partial charge in [0, 0.05) is 12.6 Å². The van der Waals surface area contributed by atoms with Crippen LogP contribution in [0.5, 0.6) is 0 Å². The third-order valence-electron chi connectivity index (χ3n) is 2.87. The van der Waals surface area contributed by atoms with Gasteiger partial charge in [0.2, 0.25) is 0 Å². The molecule has 2 nitrogen and oxygen atoms in total. The van der Waals surface area contributed by atoms with E-state index in [1.54, 1.807) is 0 Å². The van der Waals surface area contributed by atoms with Gasteiger partial charge in [0.05, 0.1) is 0 Å². The van der Waals surface area contributed by atoms with Gasteiger partial charge in [-0.2, -0.15) is 0 Å². The predicted octanol–water partition coefficient (Wildman–Crippen LogP) is 1.85. The molecule has 1 saturated heterocycles. The van der Waals surface area contributed by atoms with Gasteiger partial charge in [-0.25, -0.2) is 0 Å². The molecular weight excluding hydrogens is 160 g/mol. The van der Waals surface area contributed by atoms with E-state index in [4.69, 9.17) is 5.73 Å². The van der Waals surface area contributed by atoms with E-state index in [2.05, 4.69) is 18.7 Å². The van der Waals surface area contributed by atoms with Crippen molar-refractivity contribution in [3.05, 3.63) is 0 Å². The largest absolute Gasteiger partial charge is 0.328 e. The molecule has 1 fully saturated rings. The van der Waals surface area contributed by atoms with E-state index in [-0.39, 0.29) is 0 Å². The number of nitrogens with two attached hydrogens (primary N) is 1. The standard InChI is InChI=1S/C11H24N2/c1-10-5-3-7-13(9-10)8-4-6-11(2)12/h10-11H,3-9,12H2,1-2H3. The Morgan fingerprint density at radius 3 is 2.92 bits per heavy atom. The number of piperidine rings is 1. The Morgan fingerprint density at radius 1 is 1.54 bits per heavy atom. The van der Waals surface area contributed by atoms with Crippen molar-refractivity contribution in [3.8, 4) is 0 Å². The van der Waals surface area contributed by atoms with Gasteiger partial charge in [-0.15, -0.1) is 0 Å². The minimum absolute atomic E-state index is 0.377. The van der Waals surface area contributed by atoms with Crippen molar-refractivity contribution in [1.82, 2.24) is 4.90 Å². The van der Waals surface area contributed by atoms with Crippen LogP contribution in [0.1, 0.15) is 39.5 Å². The topological polar surface area (TPSA) is 29.3 Å². The Morgan fingerprint density at radius 2 is 2.31 bits per heavy atom. The lowest BCUT2D eigenvalue weighted by Gasteiger charge is -2.30. The Balaban J connectivity index is 2.06.